The third-order valence-corrected chi connectivity index (χ3v) is 5.23. The number of anilines is 1. The molecule has 1 saturated carbocycles. The number of likely N-dealkylation sites (N-methyl/N-ethyl adjacent to an activating group) is 1. The number of para-hydroxylation sites is 2. The van der Waals surface area contributed by atoms with Crippen LogP contribution in [-0.2, 0) is 4.79 Å². The summed E-state index contributed by atoms with van der Waals surface area (Å²) in [6, 6.07) is 7.55. The molecule has 1 N–H and O–H groups in total. The summed E-state index contributed by atoms with van der Waals surface area (Å²) in [5.74, 6) is 1.16. The molecule has 1 aromatic carbocycles. The summed E-state index contributed by atoms with van der Waals surface area (Å²) < 4.78 is 5.38. The number of carbonyl (C=O) groups excluding carboxylic acids is 1. The van der Waals surface area contributed by atoms with Gasteiger partial charge in [-0.2, -0.15) is 0 Å². The monoisotopic (exact) mass is 318 g/mol. The van der Waals surface area contributed by atoms with Gasteiger partial charge in [0.25, 0.3) is 0 Å². The zero-order valence-electron chi connectivity index (χ0n) is 13.9. The van der Waals surface area contributed by atoms with Crippen molar-refractivity contribution in [3.05, 3.63) is 24.3 Å². The highest BCUT2D eigenvalue weighted by atomic mass is 16.5. The van der Waals surface area contributed by atoms with Gasteiger partial charge in [-0.3, -0.25) is 9.69 Å². The zero-order chi connectivity index (χ0) is 16.4. The maximum absolute atomic E-state index is 12.8. The molecule has 0 spiro atoms. The lowest BCUT2D eigenvalue weighted by molar-refractivity contribution is -0.121. The van der Waals surface area contributed by atoms with Gasteiger partial charge < -0.3 is 14.7 Å². The van der Waals surface area contributed by atoms with Crippen molar-refractivity contribution < 1.29 is 14.6 Å². The molecule has 0 radical (unpaired) electrons. The predicted molar refractivity (Wildman–Crippen MR) is 89.7 cm³/mol. The van der Waals surface area contributed by atoms with Gasteiger partial charge in [0.1, 0.15) is 5.75 Å². The van der Waals surface area contributed by atoms with Crippen LogP contribution in [0.2, 0.25) is 0 Å². The number of hydrogen-bond donors (Lipinski definition) is 1. The molecule has 1 heterocycles. The Morgan fingerprint density at radius 2 is 2.09 bits per heavy atom. The highest BCUT2D eigenvalue weighted by Crippen LogP contribution is 2.33. The minimum absolute atomic E-state index is 0.104. The van der Waals surface area contributed by atoms with E-state index in [-0.39, 0.29) is 18.1 Å². The number of ether oxygens (including phenoxy) is 1. The summed E-state index contributed by atoms with van der Waals surface area (Å²) in [5.41, 5.74) is 0.844. The van der Waals surface area contributed by atoms with Gasteiger partial charge in [-0.15, -0.1) is 0 Å². The fraction of sp³-hybridized carbons (Fsp3) is 0.611. The summed E-state index contributed by atoms with van der Waals surface area (Å²) in [6.45, 7) is 1.50. The lowest BCUT2D eigenvalue weighted by Gasteiger charge is -2.28. The third kappa shape index (κ3) is 3.21. The van der Waals surface area contributed by atoms with Crippen LogP contribution in [0.1, 0.15) is 25.7 Å². The van der Waals surface area contributed by atoms with Crippen molar-refractivity contribution in [2.45, 2.75) is 37.8 Å². The summed E-state index contributed by atoms with van der Waals surface area (Å²) in [5, 5.41) is 10.0. The first-order chi connectivity index (χ1) is 11.1. The quantitative estimate of drug-likeness (QED) is 0.901. The Bertz CT molecular complexity index is 563. The molecule has 126 valence electrons. The average molecular weight is 318 g/mol. The third-order valence-electron chi connectivity index (χ3n) is 5.23. The molecule has 1 aliphatic heterocycles. The van der Waals surface area contributed by atoms with Crippen molar-refractivity contribution in [2.24, 2.45) is 5.92 Å². The van der Waals surface area contributed by atoms with Crippen molar-refractivity contribution >= 4 is 11.6 Å². The SMILES string of the molecule is COc1ccccc1N1CCC(N(C)CC2CCCC2O)C1=O. The minimum Gasteiger partial charge on any atom is -0.495 e. The van der Waals surface area contributed by atoms with Crippen molar-refractivity contribution in [1.29, 1.82) is 0 Å². The Morgan fingerprint density at radius 3 is 2.78 bits per heavy atom. The number of aliphatic hydroxyl groups is 1. The van der Waals surface area contributed by atoms with E-state index in [1.165, 1.54) is 0 Å². The van der Waals surface area contributed by atoms with Crippen molar-refractivity contribution in [1.82, 2.24) is 4.90 Å². The number of rotatable bonds is 5. The van der Waals surface area contributed by atoms with Gasteiger partial charge in [0, 0.05) is 13.1 Å². The molecule has 2 aliphatic rings. The van der Waals surface area contributed by atoms with E-state index in [2.05, 4.69) is 4.90 Å². The molecule has 3 rings (SSSR count). The molecule has 3 atom stereocenters. The van der Waals surface area contributed by atoms with Gasteiger partial charge in [-0.25, -0.2) is 0 Å². The van der Waals surface area contributed by atoms with Crippen LogP contribution in [0.15, 0.2) is 24.3 Å². The molecule has 5 heteroatoms. The van der Waals surface area contributed by atoms with Gasteiger partial charge in [-0.1, -0.05) is 18.6 Å². The normalized spacial score (nSPS) is 27.9. The number of methoxy groups -OCH3 is 1. The second-order valence-electron chi connectivity index (χ2n) is 6.66. The van der Waals surface area contributed by atoms with E-state index in [9.17, 15) is 9.90 Å². The molecule has 23 heavy (non-hydrogen) atoms. The Labute approximate surface area is 137 Å². The van der Waals surface area contributed by atoms with Crippen LogP contribution in [0.3, 0.4) is 0 Å². The van der Waals surface area contributed by atoms with E-state index < -0.39 is 0 Å². The maximum atomic E-state index is 12.8. The largest absolute Gasteiger partial charge is 0.495 e. The predicted octanol–water partition coefficient (Wildman–Crippen LogP) is 1.89. The molecular weight excluding hydrogens is 292 g/mol. The Kier molecular flexibility index (Phi) is 4.87. The van der Waals surface area contributed by atoms with E-state index in [1.54, 1.807) is 7.11 Å². The van der Waals surface area contributed by atoms with Crippen molar-refractivity contribution in [2.75, 3.05) is 32.1 Å². The summed E-state index contributed by atoms with van der Waals surface area (Å²) in [7, 11) is 3.63. The van der Waals surface area contributed by atoms with Gasteiger partial charge in [0.15, 0.2) is 0 Å². The van der Waals surface area contributed by atoms with Gasteiger partial charge in [-0.05, 0) is 44.4 Å². The molecule has 5 nitrogen and oxygen atoms in total. The summed E-state index contributed by atoms with van der Waals surface area (Å²) in [4.78, 5) is 16.8. The maximum Gasteiger partial charge on any atom is 0.244 e. The van der Waals surface area contributed by atoms with Crippen LogP contribution < -0.4 is 9.64 Å². The minimum atomic E-state index is -0.209. The highest BCUT2D eigenvalue weighted by molar-refractivity contribution is 6.00. The lowest BCUT2D eigenvalue weighted by atomic mass is 10.0. The molecule has 1 aliphatic carbocycles. The fourth-order valence-electron chi connectivity index (χ4n) is 3.89. The van der Waals surface area contributed by atoms with Crippen molar-refractivity contribution in [3.63, 3.8) is 0 Å². The van der Waals surface area contributed by atoms with Crippen LogP contribution in [-0.4, -0.2) is 55.3 Å². The number of amides is 1. The Balaban J connectivity index is 1.68. The molecule has 2 fully saturated rings. The van der Waals surface area contributed by atoms with Gasteiger partial charge in [0.05, 0.1) is 24.9 Å². The first-order valence-corrected chi connectivity index (χ1v) is 8.44. The second-order valence-corrected chi connectivity index (χ2v) is 6.66. The van der Waals surface area contributed by atoms with Crippen molar-refractivity contribution in [3.8, 4) is 5.75 Å². The molecule has 1 aromatic rings. The summed E-state index contributed by atoms with van der Waals surface area (Å²) >= 11 is 0. The topological polar surface area (TPSA) is 53.0 Å². The average Bonchev–Trinajstić information content (AvgIpc) is 3.13. The number of aliphatic hydroxyl groups excluding tert-OH is 1. The molecule has 1 amide bonds. The highest BCUT2D eigenvalue weighted by Gasteiger charge is 2.38. The standard InChI is InChI=1S/C18H26N2O3/c1-19(12-13-6-5-8-16(13)21)15-10-11-20(18(15)22)14-7-3-4-9-17(14)23-2/h3-4,7,9,13,15-16,21H,5-6,8,10-12H2,1-2H3. The zero-order valence-corrected chi connectivity index (χ0v) is 13.9. The first kappa shape index (κ1) is 16.3. The van der Waals surface area contributed by atoms with Crippen LogP contribution in [0, 0.1) is 5.92 Å². The van der Waals surface area contributed by atoms with Crippen LogP contribution in [0.4, 0.5) is 5.69 Å². The first-order valence-electron chi connectivity index (χ1n) is 8.44. The number of carbonyl (C=O) groups is 1. The number of hydrogen-bond acceptors (Lipinski definition) is 4. The van der Waals surface area contributed by atoms with E-state index >= 15 is 0 Å². The smallest absolute Gasteiger partial charge is 0.244 e. The lowest BCUT2D eigenvalue weighted by Crippen LogP contribution is -2.42. The van der Waals surface area contributed by atoms with E-state index in [0.29, 0.717) is 12.5 Å². The number of benzene rings is 1. The fourth-order valence-corrected chi connectivity index (χ4v) is 3.89. The van der Waals surface area contributed by atoms with E-state index in [1.807, 2.05) is 36.2 Å². The molecule has 0 aromatic heterocycles. The Hall–Kier alpha value is -1.59. The van der Waals surface area contributed by atoms with Crippen LogP contribution in [0.5, 0.6) is 5.75 Å². The van der Waals surface area contributed by atoms with Gasteiger partial charge in [0.2, 0.25) is 5.91 Å². The molecule has 3 unspecified atom stereocenters. The van der Waals surface area contributed by atoms with E-state index in [0.717, 1.165) is 43.7 Å². The number of nitrogens with zero attached hydrogens (tertiary/aromatic N) is 2. The van der Waals surface area contributed by atoms with Crippen LogP contribution in [0.25, 0.3) is 0 Å². The molecular formula is C18H26N2O3. The van der Waals surface area contributed by atoms with Gasteiger partial charge >= 0.3 is 0 Å². The summed E-state index contributed by atoms with van der Waals surface area (Å²) in [6.07, 6.45) is 3.65. The molecule has 0 bridgehead atoms. The van der Waals surface area contributed by atoms with E-state index in [4.69, 9.17) is 4.74 Å². The second kappa shape index (κ2) is 6.89. The van der Waals surface area contributed by atoms with Crippen LogP contribution >= 0.6 is 0 Å². The Morgan fingerprint density at radius 1 is 1.30 bits per heavy atom. The molecule has 1 saturated heterocycles.